The largest absolute Gasteiger partial charge is 0.389 e. The molecule has 2 aromatic heterocycles. The van der Waals surface area contributed by atoms with Gasteiger partial charge in [-0.05, 0) is 31.4 Å². The number of likely N-dealkylation sites (tertiary alicyclic amines) is 1. The van der Waals surface area contributed by atoms with E-state index in [1.54, 1.807) is 0 Å². The molecule has 23 heavy (non-hydrogen) atoms. The molecule has 0 aromatic carbocycles. The number of pyridine rings is 1. The zero-order chi connectivity index (χ0) is 15.9. The first kappa shape index (κ1) is 14.7. The zero-order valence-corrected chi connectivity index (χ0v) is 13.3. The van der Waals surface area contributed by atoms with Gasteiger partial charge in [-0.1, -0.05) is 18.9 Å². The van der Waals surface area contributed by atoms with Gasteiger partial charge in [-0.25, -0.2) is 4.98 Å². The molecule has 2 aromatic rings. The van der Waals surface area contributed by atoms with Gasteiger partial charge in [0.1, 0.15) is 5.65 Å². The van der Waals surface area contributed by atoms with E-state index in [1.165, 1.54) is 6.42 Å². The minimum absolute atomic E-state index is 0.126. The summed E-state index contributed by atoms with van der Waals surface area (Å²) in [6.45, 7) is 1.36. The summed E-state index contributed by atoms with van der Waals surface area (Å²) in [6, 6.07) is 5.84. The van der Waals surface area contributed by atoms with Crippen molar-refractivity contribution in [3.05, 3.63) is 36.3 Å². The topological polar surface area (TPSA) is 57.8 Å². The highest BCUT2D eigenvalue weighted by Crippen LogP contribution is 2.39. The molecule has 5 heteroatoms. The zero-order valence-electron chi connectivity index (χ0n) is 13.3. The fourth-order valence-corrected chi connectivity index (χ4v) is 4.14. The molecule has 5 nitrogen and oxygen atoms in total. The van der Waals surface area contributed by atoms with E-state index < -0.39 is 5.60 Å². The summed E-state index contributed by atoms with van der Waals surface area (Å²) in [4.78, 5) is 19.1. The number of carbonyl (C=O) groups excluding carboxylic acids is 1. The van der Waals surface area contributed by atoms with Crippen molar-refractivity contribution >= 4 is 11.6 Å². The van der Waals surface area contributed by atoms with Crippen LogP contribution in [0.5, 0.6) is 0 Å². The van der Waals surface area contributed by atoms with E-state index in [0.717, 1.165) is 30.6 Å². The molecule has 1 saturated heterocycles. The van der Waals surface area contributed by atoms with Crippen LogP contribution in [0, 0.1) is 5.92 Å². The van der Waals surface area contributed by atoms with Gasteiger partial charge >= 0.3 is 0 Å². The summed E-state index contributed by atoms with van der Waals surface area (Å²) >= 11 is 0. The van der Waals surface area contributed by atoms with Gasteiger partial charge < -0.3 is 14.4 Å². The molecule has 0 radical (unpaired) electrons. The first-order chi connectivity index (χ1) is 11.1. The molecule has 2 aliphatic rings. The molecule has 1 aliphatic carbocycles. The number of nitrogens with zero attached hydrogens (tertiary/aromatic N) is 3. The van der Waals surface area contributed by atoms with Crippen LogP contribution >= 0.6 is 0 Å². The summed E-state index contributed by atoms with van der Waals surface area (Å²) < 4.78 is 1.94. The number of piperidine rings is 1. The Morgan fingerprint density at radius 3 is 3.13 bits per heavy atom. The Morgan fingerprint density at radius 2 is 2.26 bits per heavy atom. The molecule has 0 unspecified atom stereocenters. The fourth-order valence-electron chi connectivity index (χ4n) is 4.14. The third-order valence-corrected chi connectivity index (χ3v) is 5.53. The predicted octanol–water partition coefficient (Wildman–Crippen LogP) is 2.03. The molecule has 1 aliphatic heterocycles. The second kappa shape index (κ2) is 5.64. The molecule has 2 atom stereocenters. The van der Waals surface area contributed by atoms with E-state index in [0.29, 0.717) is 25.9 Å². The number of amides is 1. The molecule has 1 saturated carbocycles. The van der Waals surface area contributed by atoms with E-state index in [-0.39, 0.29) is 11.8 Å². The molecule has 4 rings (SSSR count). The Bertz CT molecular complexity index is 693. The number of carbonyl (C=O) groups is 1. The SMILES string of the molecule is O=C(Cc1cn2ccccc2n1)N1CC[C@@]2(O)CCCC[C@H]2C1. The number of imidazole rings is 1. The molecule has 0 bridgehead atoms. The van der Waals surface area contributed by atoms with Gasteiger partial charge in [-0.15, -0.1) is 0 Å². The lowest BCUT2D eigenvalue weighted by Gasteiger charge is -2.47. The lowest BCUT2D eigenvalue weighted by atomic mass is 9.71. The third kappa shape index (κ3) is 2.74. The maximum atomic E-state index is 12.6. The Balaban J connectivity index is 1.45. The summed E-state index contributed by atoms with van der Waals surface area (Å²) in [5.41, 5.74) is 1.15. The lowest BCUT2D eigenvalue weighted by molar-refractivity contribution is -0.142. The van der Waals surface area contributed by atoms with E-state index in [2.05, 4.69) is 4.98 Å². The van der Waals surface area contributed by atoms with Gasteiger partial charge in [0.25, 0.3) is 0 Å². The van der Waals surface area contributed by atoms with Crippen LogP contribution in [0.4, 0.5) is 0 Å². The van der Waals surface area contributed by atoms with E-state index in [1.807, 2.05) is 39.9 Å². The normalized spacial score (nSPS) is 27.9. The van der Waals surface area contributed by atoms with Crippen molar-refractivity contribution in [2.45, 2.75) is 44.1 Å². The summed E-state index contributed by atoms with van der Waals surface area (Å²) in [5.74, 6) is 0.371. The van der Waals surface area contributed by atoms with Crippen molar-refractivity contribution in [3.63, 3.8) is 0 Å². The average molecular weight is 313 g/mol. The summed E-state index contributed by atoms with van der Waals surface area (Å²) in [6.07, 6.45) is 9.14. The maximum Gasteiger partial charge on any atom is 0.228 e. The van der Waals surface area contributed by atoms with Crippen molar-refractivity contribution in [2.75, 3.05) is 13.1 Å². The molecule has 3 heterocycles. The Labute approximate surface area is 135 Å². The fraction of sp³-hybridized carbons (Fsp3) is 0.556. The van der Waals surface area contributed by atoms with Crippen LogP contribution in [0.3, 0.4) is 0 Å². The van der Waals surface area contributed by atoms with Gasteiger partial charge in [0, 0.05) is 31.4 Å². The van der Waals surface area contributed by atoms with Crippen molar-refractivity contribution in [2.24, 2.45) is 5.92 Å². The molecular weight excluding hydrogens is 290 g/mol. The number of rotatable bonds is 2. The standard InChI is InChI=1S/C18H23N3O2/c22-17(11-15-13-20-9-4-2-6-16(20)19-15)21-10-8-18(23)7-3-1-5-14(18)12-21/h2,4,6,9,13-14,23H,1,3,5,7-8,10-12H2/t14-,18-/m0/s1. The van der Waals surface area contributed by atoms with Crippen molar-refractivity contribution in [3.8, 4) is 0 Å². The highest BCUT2D eigenvalue weighted by atomic mass is 16.3. The van der Waals surface area contributed by atoms with E-state index in [9.17, 15) is 9.90 Å². The molecule has 1 N–H and O–H groups in total. The van der Waals surface area contributed by atoms with Crippen LogP contribution in [-0.4, -0.2) is 44.0 Å². The van der Waals surface area contributed by atoms with Crippen LogP contribution in [0.1, 0.15) is 37.8 Å². The van der Waals surface area contributed by atoms with Gasteiger partial charge in [0.15, 0.2) is 0 Å². The number of aromatic nitrogens is 2. The molecule has 1 amide bonds. The van der Waals surface area contributed by atoms with Crippen molar-refractivity contribution in [1.29, 1.82) is 0 Å². The molecular formula is C18H23N3O2. The summed E-state index contributed by atoms with van der Waals surface area (Å²) in [7, 11) is 0. The first-order valence-corrected chi connectivity index (χ1v) is 8.57. The monoisotopic (exact) mass is 313 g/mol. The Morgan fingerprint density at radius 1 is 1.35 bits per heavy atom. The van der Waals surface area contributed by atoms with Gasteiger partial charge in [0.05, 0.1) is 17.7 Å². The van der Waals surface area contributed by atoms with Gasteiger partial charge in [-0.3, -0.25) is 4.79 Å². The lowest BCUT2D eigenvalue weighted by Crippen LogP contribution is -2.54. The highest BCUT2D eigenvalue weighted by Gasteiger charge is 2.43. The van der Waals surface area contributed by atoms with Crippen LogP contribution in [0.2, 0.25) is 0 Å². The third-order valence-electron chi connectivity index (χ3n) is 5.53. The van der Waals surface area contributed by atoms with Crippen LogP contribution in [0.15, 0.2) is 30.6 Å². The molecule has 0 spiro atoms. The summed E-state index contributed by atoms with van der Waals surface area (Å²) in [5, 5.41) is 10.7. The number of hydrogen-bond acceptors (Lipinski definition) is 3. The van der Waals surface area contributed by atoms with Gasteiger partial charge in [0.2, 0.25) is 5.91 Å². The quantitative estimate of drug-likeness (QED) is 0.923. The van der Waals surface area contributed by atoms with Crippen LogP contribution in [-0.2, 0) is 11.2 Å². The van der Waals surface area contributed by atoms with E-state index in [4.69, 9.17) is 0 Å². The maximum absolute atomic E-state index is 12.6. The number of hydrogen-bond donors (Lipinski definition) is 1. The van der Waals surface area contributed by atoms with Crippen LogP contribution < -0.4 is 0 Å². The average Bonchev–Trinajstić information content (AvgIpc) is 2.96. The molecule has 122 valence electrons. The highest BCUT2D eigenvalue weighted by molar-refractivity contribution is 5.78. The second-order valence-corrected chi connectivity index (χ2v) is 7.01. The van der Waals surface area contributed by atoms with Crippen molar-refractivity contribution in [1.82, 2.24) is 14.3 Å². The van der Waals surface area contributed by atoms with Crippen molar-refractivity contribution < 1.29 is 9.90 Å². The Kier molecular flexibility index (Phi) is 3.60. The molecule has 2 fully saturated rings. The number of aliphatic hydroxyl groups is 1. The Hall–Kier alpha value is -1.88. The predicted molar refractivity (Wildman–Crippen MR) is 87.0 cm³/mol. The van der Waals surface area contributed by atoms with Crippen LogP contribution in [0.25, 0.3) is 5.65 Å². The second-order valence-electron chi connectivity index (χ2n) is 7.01. The first-order valence-electron chi connectivity index (χ1n) is 8.57. The smallest absolute Gasteiger partial charge is 0.228 e. The van der Waals surface area contributed by atoms with E-state index >= 15 is 0 Å². The minimum atomic E-state index is -0.530. The van der Waals surface area contributed by atoms with Gasteiger partial charge in [-0.2, -0.15) is 0 Å². The number of fused-ring (bicyclic) bond motifs is 2. The minimum Gasteiger partial charge on any atom is -0.389 e.